The number of benzene rings is 2. The Labute approximate surface area is 130 Å². The van der Waals surface area contributed by atoms with Crippen molar-refractivity contribution < 1.29 is 4.39 Å². The average Bonchev–Trinajstić information content (AvgIpc) is 2.50. The van der Waals surface area contributed by atoms with Gasteiger partial charge in [0.15, 0.2) is 0 Å². The molecule has 0 fully saturated rings. The van der Waals surface area contributed by atoms with Crippen LogP contribution in [0.25, 0.3) is 10.9 Å². The van der Waals surface area contributed by atoms with Gasteiger partial charge in [0.25, 0.3) is 0 Å². The predicted octanol–water partition coefficient (Wildman–Crippen LogP) is 4.38. The summed E-state index contributed by atoms with van der Waals surface area (Å²) in [7, 11) is 0. The summed E-state index contributed by atoms with van der Waals surface area (Å²) in [5, 5.41) is 1.02. The van der Waals surface area contributed by atoms with Gasteiger partial charge in [0.05, 0.1) is 5.52 Å². The molecule has 0 radical (unpaired) electrons. The fourth-order valence-corrected chi connectivity index (χ4v) is 2.90. The smallest absolute Gasteiger partial charge is 0.126 e. The number of pyridine rings is 1. The normalized spacial score (nSPS) is 12.5. The summed E-state index contributed by atoms with van der Waals surface area (Å²) in [5.74, 6) is -0.230. The molecule has 0 amide bonds. The van der Waals surface area contributed by atoms with Crippen molar-refractivity contribution in [2.75, 3.05) is 0 Å². The lowest BCUT2D eigenvalue weighted by Gasteiger charge is -2.15. The van der Waals surface area contributed by atoms with Crippen molar-refractivity contribution in [1.29, 1.82) is 0 Å². The number of fused-ring (bicyclic) bond motifs is 1. The number of hydrogen-bond donors (Lipinski definition) is 1. The lowest BCUT2D eigenvalue weighted by molar-refractivity contribution is 0.593. The molecule has 2 nitrogen and oxygen atoms in total. The summed E-state index contributed by atoms with van der Waals surface area (Å²) < 4.78 is 14.7. The van der Waals surface area contributed by atoms with E-state index in [-0.39, 0.29) is 11.9 Å². The van der Waals surface area contributed by atoms with Crippen LogP contribution in [0, 0.1) is 5.82 Å². The second kappa shape index (κ2) is 5.92. The van der Waals surface area contributed by atoms with Crippen LogP contribution in [0.5, 0.6) is 0 Å². The van der Waals surface area contributed by atoms with E-state index in [2.05, 4.69) is 20.9 Å². The Morgan fingerprint density at radius 1 is 1.14 bits per heavy atom. The molecule has 0 aliphatic rings. The maximum atomic E-state index is 13.9. The first kappa shape index (κ1) is 14.2. The number of para-hydroxylation sites is 1. The van der Waals surface area contributed by atoms with Crippen LogP contribution in [0.2, 0.25) is 0 Å². The third kappa shape index (κ3) is 2.96. The summed E-state index contributed by atoms with van der Waals surface area (Å²) in [5.41, 5.74) is 8.80. The van der Waals surface area contributed by atoms with Crippen molar-refractivity contribution in [1.82, 2.24) is 4.98 Å². The first-order chi connectivity index (χ1) is 10.1. The average molecular weight is 345 g/mol. The molecule has 1 aromatic heterocycles. The molecule has 0 saturated heterocycles. The zero-order chi connectivity index (χ0) is 14.8. The van der Waals surface area contributed by atoms with Crippen LogP contribution in [0.4, 0.5) is 4.39 Å². The molecule has 0 aliphatic carbocycles. The van der Waals surface area contributed by atoms with Gasteiger partial charge in [-0.2, -0.15) is 0 Å². The monoisotopic (exact) mass is 344 g/mol. The lowest BCUT2D eigenvalue weighted by atomic mass is 9.96. The van der Waals surface area contributed by atoms with Gasteiger partial charge < -0.3 is 5.73 Å². The second-order valence-corrected chi connectivity index (χ2v) is 5.88. The van der Waals surface area contributed by atoms with E-state index in [0.29, 0.717) is 12.0 Å². The summed E-state index contributed by atoms with van der Waals surface area (Å²) in [6.07, 6.45) is 2.19. The van der Waals surface area contributed by atoms with Crippen LogP contribution < -0.4 is 5.73 Å². The van der Waals surface area contributed by atoms with Crippen LogP contribution in [0.3, 0.4) is 0 Å². The van der Waals surface area contributed by atoms with E-state index in [1.807, 2.05) is 30.3 Å². The van der Waals surface area contributed by atoms with E-state index < -0.39 is 0 Å². The molecule has 4 heteroatoms. The molecule has 1 atom stereocenters. The Morgan fingerprint density at radius 2 is 1.95 bits per heavy atom. The summed E-state index contributed by atoms with van der Waals surface area (Å²) >= 11 is 3.36. The van der Waals surface area contributed by atoms with Crippen molar-refractivity contribution in [3.05, 3.63) is 76.1 Å². The highest BCUT2D eigenvalue weighted by Crippen LogP contribution is 2.25. The Bertz CT molecular complexity index is 783. The number of hydrogen-bond acceptors (Lipinski definition) is 2. The summed E-state index contributed by atoms with van der Waals surface area (Å²) in [6.45, 7) is 0. The fraction of sp³-hybridized carbons (Fsp3) is 0.118. The van der Waals surface area contributed by atoms with Gasteiger partial charge in [-0.05, 0) is 47.9 Å². The van der Waals surface area contributed by atoms with Crippen LogP contribution in [0.1, 0.15) is 17.2 Å². The molecular formula is C17H14BrFN2. The van der Waals surface area contributed by atoms with Crippen molar-refractivity contribution in [3.8, 4) is 0 Å². The first-order valence-electron chi connectivity index (χ1n) is 6.68. The van der Waals surface area contributed by atoms with Gasteiger partial charge in [-0.3, -0.25) is 4.98 Å². The minimum atomic E-state index is -0.276. The molecular weight excluding hydrogens is 331 g/mol. The molecule has 0 bridgehead atoms. The maximum absolute atomic E-state index is 13.9. The fourth-order valence-electron chi connectivity index (χ4n) is 2.49. The molecule has 0 saturated carbocycles. The van der Waals surface area contributed by atoms with Gasteiger partial charge >= 0.3 is 0 Å². The molecule has 106 valence electrons. The molecule has 1 heterocycles. The standard InChI is InChI=1S/C17H14BrFN2/c18-12-5-6-15(19)11(9-12)10-16(20)13-7-8-21-17-4-2-1-3-14(13)17/h1-9,16H,10,20H2. The SMILES string of the molecule is NC(Cc1cc(Br)ccc1F)c1ccnc2ccccc12. The molecule has 0 aliphatic heterocycles. The van der Waals surface area contributed by atoms with Crippen molar-refractivity contribution in [2.24, 2.45) is 5.73 Å². The van der Waals surface area contributed by atoms with Crippen LogP contribution in [0.15, 0.2) is 59.2 Å². The third-order valence-corrected chi connectivity index (χ3v) is 4.02. The quantitative estimate of drug-likeness (QED) is 0.765. The highest BCUT2D eigenvalue weighted by atomic mass is 79.9. The number of rotatable bonds is 3. The van der Waals surface area contributed by atoms with E-state index in [4.69, 9.17) is 5.73 Å². The highest BCUT2D eigenvalue weighted by molar-refractivity contribution is 9.10. The molecule has 3 aromatic rings. The maximum Gasteiger partial charge on any atom is 0.126 e. The van der Waals surface area contributed by atoms with Gasteiger partial charge in [0, 0.05) is 22.1 Å². The molecule has 3 rings (SSSR count). The summed E-state index contributed by atoms with van der Waals surface area (Å²) in [4.78, 5) is 4.33. The van der Waals surface area contributed by atoms with Gasteiger partial charge in [0.2, 0.25) is 0 Å². The largest absolute Gasteiger partial charge is 0.324 e. The molecule has 1 unspecified atom stereocenters. The van der Waals surface area contributed by atoms with E-state index in [9.17, 15) is 4.39 Å². The molecule has 0 spiro atoms. The summed E-state index contributed by atoms with van der Waals surface area (Å²) in [6, 6.07) is 14.4. The second-order valence-electron chi connectivity index (χ2n) is 4.96. The molecule has 2 aromatic carbocycles. The van der Waals surface area contributed by atoms with Gasteiger partial charge in [-0.1, -0.05) is 34.1 Å². The zero-order valence-electron chi connectivity index (χ0n) is 11.3. The van der Waals surface area contributed by atoms with Gasteiger partial charge in [-0.25, -0.2) is 4.39 Å². The van der Waals surface area contributed by atoms with E-state index in [0.717, 1.165) is 20.9 Å². The van der Waals surface area contributed by atoms with Gasteiger partial charge in [-0.15, -0.1) is 0 Å². The van der Waals surface area contributed by atoms with Crippen LogP contribution in [-0.4, -0.2) is 4.98 Å². The Hall–Kier alpha value is -1.78. The Morgan fingerprint density at radius 3 is 2.81 bits per heavy atom. The number of nitrogens with two attached hydrogens (primary N) is 1. The Balaban J connectivity index is 1.97. The topological polar surface area (TPSA) is 38.9 Å². The third-order valence-electron chi connectivity index (χ3n) is 3.53. The number of halogens is 2. The minimum Gasteiger partial charge on any atom is -0.324 e. The first-order valence-corrected chi connectivity index (χ1v) is 7.47. The lowest BCUT2D eigenvalue weighted by Crippen LogP contribution is -2.14. The van der Waals surface area contributed by atoms with E-state index in [1.165, 1.54) is 6.07 Å². The zero-order valence-corrected chi connectivity index (χ0v) is 12.8. The molecule has 21 heavy (non-hydrogen) atoms. The highest BCUT2D eigenvalue weighted by Gasteiger charge is 2.13. The predicted molar refractivity (Wildman–Crippen MR) is 86.5 cm³/mol. The number of aromatic nitrogens is 1. The number of nitrogens with zero attached hydrogens (tertiary/aromatic N) is 1. The van der Waals surface area contributed by atoms with Crippen molar-refractivity contribution >= 4 is 26.8 Å². The van der Waals surface area contributed by atoms with Crippen molar-refractivity contribution in [3.63, 3.8) is 0 Å². The molecule has 2 N–H and O–H groups in total. The van der Waals surface area contributed by atoms with E-state index >= 15 is 0 Å². The van der Waals surface area contributed by atoms with Crippen LogP contribution >= 0.6 is 15.9 Å². The van der Waals surface area contributed by atoms with Gasteiger partial charge in [0.1, 0.15) is 5.82 Å². The Kier molecular flexibility index (Phi) is 3.99. The minimum absolute atomic E-state index is 0.230. The van der Waals surface area contributed by atoms with Crippen LogP contribution in [-0.2, 0) is 6.42 Å². The van der Waals surface area contributed by atoms with E-state index in [1.54, 1.807) is 18.3 Å². The van der Waals surface area contributed by atoms with Crippen molar-refractivity contribution in [2.45, 2.75) is 12.5 Å².